The summed E-state index contributed by atoms with van der Waals surface area (Å²) in [6.45, 7) is 0. The third-order valence-electron chi connectivity index (χ3n) is 2.65. The zero-order chi connectivity index (χ0) is 16.1. The number of tetrazole rings is 1. The van der Waals surface area contributed by atoms with Crippen LogP contribution in [0.2, 0.25) is 0 Å². The van der Waals surface area contributed by atoms with Crippen molar-refractivity contribution in [2.75, 3.05) is 11.1 Å². The molecule has 8 nitrogen and oxygen atoms in total. The largest absolute Gasteiger partial charge is 0.294 e. The fraction of sp³-hybridized carbons (Fsp3) is 0.0769. The first-order valence-corrected chi connectivity index (χ1v) is 8.24. The Kier molecular flexibility index (Phi) is 4.93. The van der Waals surface area contributed by atoms with Gasteiger partial charge < -0.3 is 0 Å². The van der Waals surface area contributed by atoms with Crippen molar-refractivity contribution in [1.29, 1.82) is 0 Å². The third kappa shape index (κ3) is 4.11. The van der Waals surface area contributed by atoms with Crippen molar-refractivity contribution in [3.8, 4) is 5.69 Å². The van der Waals surface area contributed by atoms with E-state index in [1.165, 1.54) is 11.8 Å². The highest BCUT2D eigenvalue weighted by atomic mass is 79.9. The fourth-order valence-electron chi connectivity index (χ4n) is 1.67. The van der Waals surface area contributed by atoms with Crippen molar-refractivity contribution in [2.24, 2.45) is 0 Å². The van der Waals surface area contributed by atoms with E-state index in [4.69, 9.17) is 0 Å². The summed E-state index contributed by atoms with van der Waals surface area (Å²) in [5.74, 6) is 0.161. The topological polar surface area (TPSA) is 98.5 Å². The summed E-state index contributed by atoms with van der Waals surface area (Å²) in [6, 6.07) is 9.46. The number of nitrogens with one attached hydrogen (secondary N) is 1. The number of nitrogens with zero attached hydrogens (tertiary/aromatic N) is 6. The lowest BCUT2D eigenvalue weighted by molar-refractivity contribution is -0.113. The molecule has 0 radical (unpaired) electrons. The van der Waals surface area contributed by atoms with Crippen LogP contribution in [0.15, 0.2) is 52.4 Å². The molecule has 0 bridgehead atoms. The lowest BCUT2D eigenvalue weighted by atomic mass is 10.3. The number of hydrogen-bond acceptors (Lipinski definition) is 7. The van der Waals surface area contributed by atoms with Gasteiger partial charge in [0.2, 0.25) is 17.0 Å². The third-order valence-corrected chi connectivity index (χ3v) is 3.97. The van der Waals surface area contributed by atoms with E-state index in [0.717, 1.165) is 10.2 Å². The minimum absolute atomic E-state index is 0.145. The number of amides is 1. The first kappa shape index (κ1) is 15.6. The molecule has 1 aromatic carbocycles. The number of benzene rings is 1. The first-order valence-electron chi connectivity index (χ1n) is 6.46. The fourth-order valence-corrected chi connectivity index (χ4v) is 2.56. The lowest BCUT2D eigenvalue weighted by Gasteiger charge is -2.04. The van der Waals surface area contributed by atoms with Crippen LogP contribution in [0.5, 0.6) is 0 Å². The number of anilines is 1. The number of rotatable bonds is 5. The number of halogens is 1. The van der Waals surface area contributed by atoms with E-state index in [9.17, 15) is 4.79 Å². The maximum atomic E-state index is 11.9. The van der Waals surface area contributed by atoms with Gasteiger partial charge in [-0.25, -0.2) is 9.97 Å². The minimum atomic E-state index is -0.236. The summed E-state index contributed by atoms with van der Waals surface area (Å²) < 4.78 is 2.32. The summed E-state index contributed by atoms with van der Waals surface area (Å²) in [6.07, 6.45) is 3.12. The van der Waals surface area contributed by atoms with Gasteiger partial charge in [-0.3, -0.25) is 10.1 Å². The molecule has 0 saturated carbocycles. The average Bonchev–Trinajstić information content (AvgIpc) is 3.04. The van der Waals surface area contributed by atoms with Crippen LogP contribution < -0.4 is 5.32 Å². The predicted molar refractivity (Wildman–Crippen MR) is 88.2 cm³/mol. The summed E-state index contributed by atoms with van der Waals surface area (Å²) in [4.78, 5) is 19.9. The second kappa shape index (κ2) is 7.29. The summed E-state index contributed by atoms with van der Waals surface area (Å²) in [7, 11) is 0. The highest BCUT2D eigenvalue weighted by molar-refractivity contribution is 9.10. The van der Waals surface area contributed by atoms with Gasteiger partial charge in [0, 0.05) is 12.4 Å². The van der Waals surface area contributed by atoms with Gasteiger partial charge >= 0.3 is 0 Å². The molecule has 0 saturated heterocycles. The number of aromatic nitrogens is 6. The maximum absolute atomic E-state index is 11.9. The molecule has 23 heavy (non-hydrogen) atoms. The van der Waals surface area contributed by atoms with E-state index in [1.807, 2.05) is 30.3 Å². The molecule has 0 aliphatic heterocycles. The summed E-state index contributed by atoms with van der Waals surface area (Å²) in [5, 5.41) is 14.7. The van der Waals surface area contributed by atoms with Gasteiger partial charge in [0.25, 0.3) is 0 Å². The Bertz CT molecular complexity index is 794. The zero-order valence-corrected chi connectivity index (χ0v) is 14.0. The molecule has 0 aliphatic rings. The molecule has 1 amide bonds. The Morgan fingerprint density at radius 2 is 1.96 bits per heavy atom. The van der Waals surface area contributed by atoms with Crippen molar-refractivity contribution in [3.05, 3.63) is 47.2 Å². The van der Waals surface area contributed by atoms with Crippen LogP contribution in [-0.4, -0.2) is 41.8 Å². The minimum Gasteiger partial charge on any atom is -0.294 e. The quantitative estimate of drug-likeness (QED) is 0.663. The molecule has 0 fully saturated rings. The van der Waals surface area contributed by atoms with Crippen LogP contribution >= 0.6 is 27.7 Å². The molecule has 3 rings (SSSR count). The van der Waals surface area contributed by atoms with Gasteiger partial charge in [0.15, 0.2) is 0 Å². The van der Waals surface area contributed by atoms with Gasteiger partial charge in [0.05, 0.1) is 15.9 Å². The highest BCUT2D eigenvalue weighted by Gasteiger charge is 2.12. The highest BCUT2D eigenvalue weighted by Crippen LogP contribution is 2.18. The van der Waals surface area contributed by atoms with E-state index in [0.29, 0.717) is 5.16 Å². The molecule has 2 aromatic heterocycles. The molecule has 116 valence electrons. The number of thioether (sulfide) groups is 1. The molecule has 0 aliphatic carbocycles. The van der Waals surface area contributed by atoms with Gasteiger partial charge in [-0.15, -0.1) is 5.10 Å². The Morgan fingerprint density at radius 3 is 2.70 bits per heavy atom. The molecule has 0 spiro atoms. The van der Waals surface area contributed by atoms with Crippen LogP contribution in [-0.2, 0) is 4.79 Å². The maximum Gasteiger partial charge on any atom is 0.237 e. The average molecular weight is 392 g/mol. The molecule has 1 N–H and O–H groups in total. The molecule has 3 aromatic rings. The molecule has 0 unspecified atom stereocenters. The molecule has 2 heterocycles. The SMILES string of the molecule is O=C(CSc1nnnn1-c1ccccc1)Nc1ncc(Br)cn1. The number of hydrogen-bond donors (Lipinski definition) is 1. The Balaban J connectivity index is 1.62. The Morgan fingerprint density at radius 1 is 1.22 bits per heavy atom. The van der Waals surface area contributed by atoms with Crippen LogP contribution in [0.1, 0.15) is 0 Å². The predicted octanol–water partition coefficient (Wildman–Crippen LogP) is 1.95. The second-order valence-corrected chi connectivity index (χ2v) is 6.13. The van der Waals surface area contributed by atoms with Gasteiger partial charge in [-0.1, -0.05) is 30.0 Å². The van der Waals surface area contributed by atoms with E-state index in [-0.39, 0.29) is 17.6 Å². The normalized spacial score (nSPS) is 10.5. The van der Waals surface area contributed by atoms with E-state index in [1.54, 1.807) is 17.1 Å². The van der Waals surface area contributed by atoms with Crippen LogP contribution in [0.3, 0.4) is 0 Å². The second-order valence-electron chi connectivity index (χ2n) is 4.27. The van der Waals surface area contributed by atoms with Crippen molar-refractivity contribution < 1.29 is 4.79 Å². The lowest BCUT2D eigenvalue weighted by Crippen LogP contribution is -2.16. The van der Waals surface area contributed by atoms with Crippen molar-refractivity contribution in [2.45, 2.75) is 5.16 Å². The van der Waals surface area contributed by atoms with Crippen LogP contribution in [0, 0.1) is 0 Å². The molecule has 10 heteroatoms. The van der Waals surface area contributed by atoms with Crippen molar-refractivity contribution >= 4 is 39.5 Å². The van der Waals surface area contributed by atoms with E-state index >= 15 is 0 Å². The summed E-state index contributed by atoms with van der Waals surface area (Å²) in [5.41, 5.74) is 0.830. The van der Waals surface area contributed by atoms with Crippen LogP contribution in [0.25, 0.3) is 5.69 Å². The van der Waals surface area contributed by atoms with Crippen molar-refractivity contribution in [1.82, 2.24) is 30.2 Å². The Labute approximate surface area is 143 Å². The zero-order valence-electron chi connectivity index (χ0n) is 11.6. The number of carbonyl (C=O) groups excluding carboxylic acids is 1. The smallest absolute Gasteiger partial charge is 0.237 e. The van der Waals surface area contributed by atoms with Gasteiger partial charge in [-0.2, -0.15) is 4.68 Å². The van der Waals surface area contributed by atoms with Gasteiger partial charge in [0.1, 0.15) is 0 Å². The number of para-hydroxylation sites is 1. The molecule has 0 atom stereocenters. The first-order chi connectivity index (χ1) is 11.2. The van der Waals surface area contributed by atoms with Gasteiger partial charge in [-0.05, 0) is 38.5 Å². The van der Waals surface area contributed by atoms with E-state index < -0.39 is 0 Å². The standard InChI is InChI=1S/C13H10BrN7OS/c14-9-6-15-12(16-7-9)17-11(22)8-23-13-18-19-20-21(13)10-4-2-1-3-5-10/h1-7H,8H2,(H,15,16,17,22). The van der Waals surface area contributed by atoms with Crippen molar-refractivity contribution in [3.63, 3.8) is 0 Å². The number of carbonyl (C=O) groups is 1. The Hall–Kier alpha value is -2.33. The van der Waals surface area contributed by atoms with Crippen LogP contribution in [0.4, 0.5) is 5.95 Å². The van der Waals surface area contributed by atoms with E-state index in [2.05, 4.69) is 46.7 Å². The monoisotopic (exact) mass is 391 g/mol. The molecular weight excluding hydrogens is 382 g/mol. The molecular formula is C13H10BrN7OS. The summed E-state index contributed by atoms with van der Waals surface area (Å²) >= 11 is 4.46.